The molecule has 0 amide bonds. The standard InChI is InChI=1S/C13H19ClN4/c1-9-8-18(6-5-17(9)2)12-4-3-10(14)7-11(12)13(15)16/h3-4,7,9H,5-6,8H2,1-2H3,(H3,15,16). The topological polar surface area (TPSA) is 56.4 Å². The molecule has 1 heterocycles. The fourth-order valence-corrected chi connectivity index (χ4v) is 2.44. The molecule has 0 aromatic heterocycles. The molecule has 0 bridgehead atoms. The predicted molar refractivity (Wildman–Crippen MR) is 76.8 cm³/mol. The van der Waals surface area contributed by atoms with Gasteiger partial charge in [-0.2, -0.15) is 0 Å². The van der Waals surface area contributed by atoms with Crippen LogP contribution in [0, 0.1) is 5.41 Å². The molecule has 0 saturated carbocycles. The van der Waals surface area contributed by atoms with E-state index in [2.05, 4.69) is 23.8 Å². The fourth-order valence-electron chi connectivity index (χ4n) is 2.27. The van der Waals surface area contributed by atoms with Crippen molar-refractivity contribution in [3.05, 3.63) is 28.8 Å². The van der Waals surface area contributed by atoms with Crippen LogP contribution in [-0.2, 0) is 0 Å². The Bertz CT molecular complexity index is 460. The Hall–Kier alpha value is -1.26. The molecule has 98 valence electrons. The van der Waals surface area contributed by atoms with Crippen molar-refractivity contribution in [3.63, 3.8) is 0 Å². The van der Waals surface area contributed by atoms with Gasteiger partial charge in [0.05, 0.1) is 0 Å². The van der Waals surface area contributed by atoms with E-state index in [9.17, 15) is 0 Å². The second-order valence-electron chi connectivity index (χ2n) is 4.85. The predicted octanol–water partition coefficient (Wildman–Crippen LogP) is 1.76. The first-order valence-corrected chi connectivity index (χ1v) is 6.46. The van der Waals surface area contributed by atoms with E-state index in [-0.39, 0.29) is 5.84 Å². The number of nitrogens with one attached hydrogen (secondary N) is 1. The van der Waals surface area contributed by atoms with Crippen LogP contribution in [0.5, 0.6) is 0 Å². The zero-order valence-electron chi connectivity index (χ0n) is 10.8. The van der Waals surface area contributed by atoms with Crippen molar-refractivity contribution >= 4 is 23.1 Å². The highest BCUT2D eigenvalue weighted by molar-refractivity contribution is 6.31. The number of piperazine rings is 1. The van der Waals surface area contributed by atoms with Gasteiger partial charge < -0.3 is 15.5 Å². The minimum Gasteiger partial charge on any atom is -0.384 e. The molecule has 5 heteroatoms. The Morgan fingerprint density at radius 2 is 2.17 bits per heavy atom. The van der Waals surface area contributed by atoms with Gasteiger partial charge in [0, 0.05) is 41.9 Å². The lowest BCUT2D eigenvalue weighted by Crippen LogP contribution is -2.50. The van der Waals surface area contributed by atoms with Crippen molar-refractivity contribution in [2.45, 2.75) is 13.0 Å². The Morgan fingerprint density at radius 1 is 1.44 bits per heavy atom. The number of benzene rings is 1. The largest absolute Gasteiger partial charge is 0.384 e. The first-order chi connectivity index (χ1) is 8.49. The third kappa shape index (κ3) is 2.60. The maximum Gasteiger partial charge on any atom is 0.124 e. The zero-order chi connectivity index (χ0) is 13.3. The highest BCUT2D eigenvalue weighted by Crippen LogP contribution is 2.26. The molecule has 1 saturated heterocycles. The van der Waals surface area contributed by atoms with Crippen molar-refractivity contribution in [2.75, 3.05) is 31.6 Å². The Kier molecular flexibility index (Phi) is 3.78. The van der Waals surface area contributed by atoms with Crippen molar-refractivity contribution in [2.24, 2.45) is 5.73 Å². The highest BCUT2D eigenvalue weighted by Gasteiger charge is 2.23. The van der Waals surface area contributed by atoms with E-state index < -0.39 is 0 Å². The van der Waals surface area contributed by atoms with Gasteiger partial charge in [-0.25, -0.2) is 0 Å². The summed E-state index contributed by atoms with van der Waals surface area (Å²) in [6.07, 6.45) is 0. The van der Waals surface area contributed by atoms with Crippen molar-refractivity contribution < 1.29 is 0 Å². The van der Waals surface area contributed by atoms with Gasteiger partial charge in [0.1, 0.15) is 5.84 Å². The summed E-state index contributed by atoms with van der Waals surface area (Å²) in [6.45, 7) is 5.11. The summed E-state index contributed by atoms with van der Waals surface area (Å²) in [5, 5.41) is 8.28. The second-order valence-corrected chi connectivity index (χ2v) is 5.29. The summed E-state index contributed by atoms with van der Waals surface area (Å²) in [5.74, 6) is 0.0686. The summed E-state index contributed by atoms with van der Waals surface area (Å²) in [6, 6.07) is 6.07. The number of nitrogen functional groups attached to an aromatic ring is 1. The molecule has 1 aromatic carbocycles. The summed E-state index contributed by atoms with van der Waals surface area (Å²) in [7, 11) is 2.13. The second kappa shape index (κ2) is 5.16. The van der Waals surface area contributed by atoms with E-state index in [1.165, 1.54) is 0 Å². The molecule has 1 aliphatic rings. The Morgan fingerprint density at radius 3 is 2.78 bits per heavy atom. The molecule has 4 nitrogen and oxygen atoms in total. The van der Waals surface area contributed by atoms with E-state index in [0.29, 0.717) is 11.1 Å². The van der Waals surface area contributed by atoms with E-state index in [0.717, 1.165) is 30.9 Å². The first-order valence-electron chi connectivity index (χ1n) is 6.08. The average molecular weight is 267 g/mol. The molecule has 1 aliphatic heterocycles. The van der Waals surface area contributed by atoms with Crippen LogP contribution < -0.4 is 10.6 Å². The third-order valence-corrected chi connectivity index (χ3v) is 3.78. The van der Waals surface area contributed by atoms with Gasteiger partial charge in [-0.05, 0) is 32.2 Å². The van der Waals surface area contributed by atoms with E-state index >= 15 is 0 Å². The zero-order valence-corrected chi connectivity index (χ0v) is 11.5. The molecular weight excluding hydrogens is 248 g/mol. The number of nitrogens with two attached hydrogens (primary N) is 1. The Balaban J connectivity index is 2.30. The average Bonchev–Trinajstić information content (AvgIpc) is 2.32. The molecule has 1 aromatic rings. The number of anilines is 1. The van der Waals surface area contributed by atoms with Gasteiger partial charge in [0.25, 0.3) is 0 Å². The van der Waals surface area contributed by atoms with Gasteiger partial charge in [-0.15, -0.1) is 0 Å². The third-order valence-electron chi connectivity index (χ3n) is 3.55. The van der Waals surface area contributed by atoms with Crippen LogP contribution in [0.4, 0.5) is 5.69 Å². The monoisotopic (exact) mass is 266 g/mol. The lowest BCUT2D eigenvalue weighted by atomic mass is 10.1. The van der Waals surface area contributed by atoms with E-state index in [1.807, 2.05) is 12.1 Å². The van der Waals surface area contributed by atoms with Crippen LogP contribution in [0.15, 0.2) is 18.2 Å². The summed E-state index contributed by atoms with van der Waals surface area (Å²) in [5.41, 5.74) is 7.37. The van der Waals surface area contributed by atoms with Crippen molar-refractivity contribution in [3.8, 4) is 0 Å². The molecule has 3 N–H and O–H groups in total. The normalized spacial score (nSPS) is 21.1. The maximum atomic E-state index is 7.66. The van der Waals surface area contributed by atoms with Gasteiger partial charge in [-0.1, -0.05) is 11.6 Å². The van der Waals surface area contributed by atoms with Crippen LogP contribution in [0.25, 0.3) is 0 Å². The van der Waals surface area contributed by atoms with Crippen LogP contribution in [0.2, 0.25) is 5.02 Å². The van der Waals surface area contributed by atoms with Crippen molar-refractivity contribution in [1.29, 1.82) is 5.41 Å². The van der Waals surface area contributed by atoms with Gasteiger partial charge in [0.15, 0.2) is 0 Å². The highest BCUT2D eigenvalue weighted by atomic mass is 35.5. The summed E-state index contributed by atoms with van der Waals surface area (Å²) < 4.78 is 0. The minimum absolute atomic E-state index is 0.0686. The van der Waals surface area contributed by atoms with Gasteiger partial charge >= 0.3 is 0 Å². The van der Waals surface area contributed by atoms with Crippen LogP contribution in [0.3, 0.4) is 0 Å². The molecule has 18 heavy (non-hydrogen) atoms. The quantitative estimate of drug-likeness (QED) is 0.634. The smallest absolute Gasteiger partial charge is 0.124 e. The number of hydrogen-bond donors (Lipinski definition) is 2. The molecule has 2 rings (SSSR count). The van der Waals surface area contributed by atoms with Crippen LogP contribution in [0.1, 0.15) is 12.5 Å². The van der Waals surface area contributed by atoms with Gasteiger partial charge in [-0.3, -0.25) is 5.41 Å². The van der Waals surface area contributed by atoms with Crippen LogP contribution >= 0.6 is 11.6 Å². The molecule has 0 radical (unpaired) electrons. The van der Waals surface area contributed by atoms with E-state index in [4.69, 9.17) is 22.7 Å². The number of nitrogens with zero attached hydrogens (tertiary/aromatic N) is 2. The molecule has 0 spiro atoms. The van der Waals surface area contributed by atoms with Gasteiger partial charge in [0.2, 0.25) is 0 Å². The number of halogens is 1. The fraction of sp³-hybridized carbons (Fsp3) is 0.462. The SMILES string of the molecule is CC1CN(c2ccc(Cl)cc2C(=N)N)CCN1C. The number of amidine groups is 1. The number of hydrogen-bond acceptors (Lipinski definition) is 3. The van der Waals surface area contributed by atoms with E-state index in [1.54, 1.807) is 6.07 Å². The summed E-state index contributed by atoms with van der Waals surface area (Å²) >= 11 is 5.97. The van der Waals surface area contributed by atoms with Crippen LogP contribution in [-0.4, -0.2) is 43.5 Å². The van der Waals surface area contributed by atoms with Crippen molar-refractivity contribution in [1.82, 2.24) is 4.90 Å². The number of rotatable bonds is 2. The number of likely N-dealkylation sites (N-methyl/N-ethyl adjacent to an activating group) is 1. The molecule has 1 atom stereocenters. The maximum absolute atomic E-state index is 7.66. The molecule has 1 unspecified atom stereocenters. The lowest BCUT2D eigenvalue weighted by Gasteiger charge is -2.39. The molecular formula is C13H19ClN4. The minimum atomic E-state index is 0.0686. The Labute approximate surface area is 113 Å². The molecule has 1 fully saturated rings. The lowest BCUT2D eigenvalue weighted by molar-refractivity contribution is 0.234. The molecule has 0 aliphatic carbocycles. The summed E-state index contributed by atoms with van der Waals surface area (Å²) in [4.78, 5) is 4.61. The first kappa shape index (κ1) is 13.2.